The Balaban J connectivity index is 1.60. The Kier molecular flexibility index (Phi) is 4.47. The Bertz CT molecular complexity index is 1200. The lowest BCUT2D eigenvalue weighted by Crippen LogP contribution is -2.23. The zero-order valence-corrected chi connectivity index (χ0v) is 17.7. The van der Waals surface area contributed by atoms with Crippen LogP contribution in [-0.2, 0) is 5.41 Å². The van der Waals surface area contributed by atoms with Gasteiger partial charge in [-0.1, -0.05) is 86.6 Å². The van der Waals surface area contributed by atoms with Crippen LogP contribution in [0.1, 0.15) is 37.8 Å². The maximum absolute atomic E-state index is 6.18. The first-order valence-corrected chi connectivity index (χ1v) is 10.9. The minimum absolute atomic E-state index is 0.0417. The second kappa shape index (κ2) is 7.18. The van der Waals surface area contributed by atoms with Crippen LogP contribution >= 0.6 is 0 Å². The smallest absolute Gasteiger partial charge is 0.0317 e. The third kappa shape index (κ3) is 2.77. The van der Waals surface area contributed by atoms with Crippen molar-refractivity contribution in [2.45, 2.75) is 32.1 Å². The molecule has 1 heteroatoms. The van der Waals surface area contributed by atoms with Crippen LogP contribution in [0.3, 0.4) is 0 Å². The summed E-state index contributed by atoms with van der Waals surface area (Å²) in [6, 6.07) is 32.9. The van der Waals surface area contributed by atoms with Gasteiger partial charge in [-0.05, 0) is 75.5 Å². The number of anilines is 1. The summed E-state index contributed by atoms with van der Waals surface area (Å²) < 4.78 is 0. The van der Waals surface area contributed by atoms with E-state index in [-0.39, 0.29) is 5.41 Å². The van der Waals surface area contributed by atoms with Gasteiger partial charge in [0.2, 0.25) is 0 Å². The summed E-state index contributed by atoms with van der Waals surface area (Å²) in [5.41, 5.74) is 17.6. The molecule has 148 valence electrons. The van der Waals surface area contributed by atoms with Crippen molar-refractivity contribution in [2.24, 2.45) is 0 Å². The van der Waals surface area contributed by atoms with Crippen molar-refractivity contribution >= 4 is 5.69 Å². The fraction of sp³-hybridized carbons (Fsp3) is 0.172. The van der Waals surface area contributed by atoms with E-state index in [0.717, 1.165) is 18.5 Å². The fourth-order valence-electron chi connectivity index (χ4n) is 5.19. The summed E-state index contributed by atoms with van der Waals surface area (Å²) in [5, 5.41) is 0. The zero-order chi connectivity index (χ0) is 20.7. The van der Waals surface area contributed by atoms with Crippen molar-refractivity contribution in [1.82, 2.24) is 0 Å². The fourth-order valence-corrected chi connectivity index (χ4v) is 5.19. The minimum atomic E-state index is 0.0417. The van der Waals surface area contributed by atoms with Crippen molar-refractivity contribution in [2.75, 3.05) is 5.73 Å². The van der Waals surface area contributed by atoms with Crippen LogP contribution in [0.2, 0.25) is 0 Å². The molecule has 0 spiro atoms. The Morgan fingerprint density at radius 3 is 1.70 bits per heavy atom. The number of nitrogen functional groups attached to an aromatic ring is 1. The molecule has 2 N–H and O–H groups in total. The van der Waals surface area contributed by atoms with Gasteiger partial charge in [0.15, 0.2) is 0 Å². The molecule has 0 radical (unpaired) electrons. The lowest BCUT2D eigenvalue weighted by molar-refractivity contribution is 0.491. The summed E-state index contributed by atoms with van der Waals surface area (Å²) in [6.07, 6.45) is 2.15. The SMILES string of the molecule is CCC1(CC)c2cc(N)ccc2-c2ccc(-c3ccc(-c4ccccc4)cc3)cc21. The van der Waals surface area contributed by atoms with E-state index in [1.807, 2.05) is 6.07 Å². The first-order chi connectivity index (χ1) is 14.7. The molecule has 0 aliphatic heterocycles. The Hall–Kier alpha value is -3.32. The molecule has 5 rings (SSSR count). The van der Waals surface area contributed by atoms with E-state index in [1.165, 1.54) is 44.5 Å². The van der Waals surface area contributed by atoms with Crippen molar-refractivity contribution in [3.8, 4) is 33.4 Å². The summed E-state index contributed by atoms with van der Waals surface area (Å²) in [4.78, 5) is 0. The van der Waals surface area contributed by atoms with Gasteiger partial charge < -0.3 is 5.73 Å². The third-order valence-corrected chi connectivity index (χ3v) is 6.92. The number of nitrogens with two attached hydrogens (primary N) is 1. The summed E-state index contributed by atoms with van der Waals surface area (Å²) >= 11 is 0. The van der Waals surface area contributed by atoms with E-state index in [4.69, 9.17) is 5.73 Å². The van der Waals surface area contributed by atoms with Gasteiger partial charge in [0.25, 0.3) is 0 Å². The molecule has 0 unspecified atom stereocenters. The molecule has 30 heavy (non-hydrogen) atoms. The molecule has 1 aliphatic carbocycles. The number of benzene rings is 4. The first-order valence-electron chi connectivity index (χ1n) is 10.9. The van der Waals surface area contributed by atoms with Crippen LogP contribution in [0, 0.1) is 0 Å². The Morgan fingerprint density at radius 1 is 0.567 bits per heavy atom. The average molecular weight is 390 g/mol. The van der Waals surface area contributed by atoms with Crippen LogP contribution in [0.15, 0.2) is 91.0 Å². The highest BCUT2D eigenvalue weighted by atomic mass is 14.6. The molecular formula is C29H27N. The van der Waals surface area contributed by atoms with Crippen molar-refractivity contribution in [3.05, 3.63) is 102 Å². The first kappa shape index (κ1) is 18.7. The highest BCUT2D eigenvalue weighted by Crippen LogP contribution is 2.53. The number of hydrogen-bond donors (Lipinski definition) is 1. The van der Waals surface area contributed by atoms with Gasteiger partial charge in [-0.15, -0.1) is 0 Å². The predicted molar refractivity (Wildman–Crippen MR) is 129 cm³/mol. The quantitative estimate of drug-likeness (QED) is 0.356. The van der Waals surface area contributed by atoms with Crippen LogP contribution in [0.25, 0.3) is 33.4 Å². The Labute approximate surface area is 179 Å². The number of fused-ring (bicyclic) bond motifs is 3. The molecule has 0 saturated carbocycles. The molecule has 0 aromatic heterocycles. The largest absolute Gasteiger partial charge is 0.399 e. The third-order valence-electron chi connectivity index (χ3n) is 6.92. The Morgan fingerprint density at radius 2 is 1.07 bits per heavy atom. The van der Waals surface area contributed by atoms with E-state index in [0.29, 0.717) is 0 Å². The van der Waals surface area contributed by atoms with Gasteiger partial charge in [0.1, 0.15) is 0 Å². The molecule has 0 amide bonds. The summed E-state index contributed by atoms with van der Waals surface area (Å²) in [6.45, 7) is 4.60. The van der Waals surface area contributed by atoms with Gasteiger partial charge >= 0.3 is 0 Å². The molecule has 0 saturated heterocycles. The van der Waals surface area contributed by atoms with E-state index in [9.17, 15) is 0 Å². The molecule has 0 fully saturated rings. The maximum Gasteiger partial charge on any atom is 0.0317 e. The molecule has 1 nitrogen and oxygen atoms in total. The number of rotatable bonds is 4. The molecule has 0 bridgehead atoms. The van der Waals surface area contributed by atoms with Crippen molar-refractivity contribution in [3.63, 3.8) is 0 Å². The van der Waals surface area contributed by atoms with Gasteiger partial charge in [-0.3, -0.25) is 0 Å². The van der Waals surface area contributed by atoms with Crippen molar-refractivity contribution < 1.29 is 0 Å². The summed E-state index contributed by atoms with van der Waals surface area (Å²) in [7, 11) is 0. The molecule has 4 aromatic rings. The maximum atomic E-state index is 6.18. The van der Waals surface area contributed by atoms with Gasteiger partial charge in [0, 0.05) is 11.1 Å². The van der Waals surface area contributed by atoms with Crippen molar-refractivity contribution in [1.29, 1.82) is 0 Å². The second-order valence-corrected chi connectivity index (χ2v) is 8.30. The van der Waals surface area contributed by atoms with Gasteiger partial charge in [-0.25, -0.2) is 0 Å². The van der Waals surface area contributed by atoms with Gasteiger partial charge in [-0.2, -0.15) is 0 Å². The predicted octanol–water partition coefficient (Wildman–Crippen LogP) is 7.69. The van der Waals surface area contributed by atoms with Gasteiger partial charge in [0.05, 0.1) is 0 Å². The lowest BCUT2D eigenvalue weighted by Gasteiger charge is -2.30. The van der Waals surface area contributed by atoms with E-state index in [1.54, 1.807) is 0 Å². The molecule has 0 atom stereocenters. The van der Waals surface area contributed by atoms with Crippen LogP contribution in [0.4, 0.5) is 5.69 Å². The van der Waals surface area contributed by atoms with E-state index < -0.39 is 0 Å². The monoisotopic (exact) mass is 389 g/mol. The normalized spacial score (nSPS) is 13.7. The molecule has 1 aliphatic rings. The average Bonchev–Trinajstić information content (AvgIpc) is 3.08. The zero-order valence-electron chi connectivity index (χ0n) is 17.7. The minimum Gasteiger partial charge on any atom is -0.399 e. The molecule has 0 heterocycles. The number of hydrogen-bond acceptors (Lipinski definition) is 1. The topological polar surface area (TPSA) is 26.0 Å². The van der Waals surface area contributed by atoms with E-state index in [2.05, 4.69) is 98.8 Å². The summed E-state index contributed by atoms with van der Waals surface area (Å²) in [5.74, 6) is 0. The second-order valence-electron chi connectivity index (χ2n) is 8.30. The highest BCUT2D eigenvalue weighted by molar-refractivity contribution is 5.85. The molecular weight excluding hydrogens is 362 g/mol. The lowest BCUT2D eigenvalue weighted by atomic mass is 9.73. The van der Waals surface area contributed by atoms with Crippen LogP contribution in [-0.4, -0.2) is 0 Å². The standard InChI is InChI=1S/C29H27N/c1-3-29(4-2)27-18-23(14-16-25(27)26-17-15-24(30)19-28(26)29)22-12-10-21(11-13-22)20-8-6-5-7-9-20/h5-19H,3-4,30H2,1-2H3. The van der Waals surface area contributed by atoms with Crippen LogP contribution in [0.5, 0.6) is 0 Å². The van der Waals surface area contributed by atoms with Crippen LogP contribution < -0.4 is 5.73 Å². The van der Waals surface area contributed by atoms with E-state index >= 15 is 0 Å². The highest BCUT2D eigenvalue weighted by Gasteiger charge is 2.40. The molecule has 4 aromatic carbocycles.